The predicted molar refractivity (Wildman–Crippen MR) is 55.0 cm³/mol. The average Bonchev–Trinajstić information content (AvgIpc) is 2.16. The lowest BCUT2D eigenvalue weighted by Crippen LogP contribution is -2.02. The van der Waals surface area contributed by atoms with Crippen LogP contribution < -0.4 is 0 Å². The first-order valence-corrected chi connectivity index (χ1v) is 5.13. The van der Waals surface area contributed by atoms with Gasteiger partial charge in [-0.1, -0.05) is 31.9 Å². The molecule has 0 radical (unpaired) electrons. The Hall–Kier alpha value is -0.630. The Morgan fingerprint density at radius 3 is 2.38 bits per heavy atom. The van der Waals surface area contributed by atoms with Gasteiger partial charge in [0, 0.05) is 18.3 Å². The number of halogens is 1. The molecule has 0 aliphatic heterocycles. The molecule has 1 aromatic heterocycles. The third-order valence-electron chi connectivity index (χ3n) is 2.14. The zero-order chi connectivity index (χ0) is 9.68. The first-order valence-electron chi connectivity index (χ1n) is 4.75. The zero-order valence-electron chi connectivity index (χ0n) is 8.13. The number of aromatic nitrogens is 2. The van der Waals surface area contributed by atoms with Crippen LogP contribution >= 0.6 is 11.6 Å². The molecule has 1 unspecified atom stereocenters. The predicted octanol–water partition coefficient (Wildman–Crippen LogP) is 3.42. The summed E-state index contributed by atoms with van der Waals surface area (Å²) in [4.78, 5) is 8.45. The minimum absolute atomic E-state index is 0.488. The van der Waals surface area contributed by atoms with Crippen molar-refractivity contribution in [1.82, 2.24) is 9.97 Å². The van der Waals surface area contributed by atoms with Crippen LogP contribution in [0.4, 0.5) is 0 Å². The van der Waals surface area contributed by atoms with E-state index >= 15 is 0 Å². The molecule has 0 fully saturated rings. The summed E-state index contributed by atoms with van der Waals surface area (Å²) >= 11 is 5.71. The molecule has 1 aromatic rings. The Balaban J connectivity index is 2.73. The van der Waals surface area contributed by atoms with Crippen molar-refractivity contribution in [2.75, 3.05) is 0 Å². The van der Waals surface area contributed by atoms with E-state index in [9.17, 15) is 0 Å². The summed E-state index contributed by atoms with van der Waals surface area (Å²) < 4.78 is 0. The summed E-state index contributed by atoms with van der Waals surface area (Å²) in [7, 11) is 0. The van der Waals surface area contributed by atoms with E-state index < -0.39 is 0 Å². The van der Waals surface area contributed by atoms with E-state index in [2.05, 4.69) is 23.8 Å². The number of rotatable bonds is 4. The van der Waals surface area contributed by atoms with Crippen molar-refractivity contribution in [1.29, 1.82) is 0 Å². The maximum absolute atomic E-state index is 5.71. The van der Waals surface area contributed by atoms with Gasteiger partial charge in [-0.15, -0.1) is 0 Å². The normalized spacial score (nSPS) is 12.8. The van der Waals surface area contributed by atoms with Gasteiger partial charge in [-0.3, -0.25) is 0 Å². The molecular formula is C10H15ClN2. The highest BCUT2D eigenvalue weighted by molar-refractivity contribution is 6.30. The van der Waals surface area contributed by atoms with Gasteiger partial charge in [0.2, 0.25) is 0 Å². The molecule has 0 saturated heterocycles. The molecule has 2 nitrogen and oxygen atoms in total. The van der Waals surface area contributed by atoms with Crippen molar-refractivity contribution >= 4 is 11.6 Å². The maximum atomic E-state index is 5.71. The van der Waals surface area contributed by atoms with E-state index in [1.807, 2.05) is 0 Å². The molecule has 0 amide bonds. The summed E-state index contributed by atoms with van der Waals surface area (Å²) in [5.41, 5.74) is 0. The number of hydrogen-bond acceptors (Lipinski definition) is 2. The Labute approximate surface area is 84.4 Å². The second kappa shape index (κ2) is 5.18. The van der Waals surface area contributed by atoms with Gasteiger partial charge < -0.3 is 0 Å². The van der Waals surface area contributed by atoms with Gasteiger partial charge >= 0.3 is 0 Å². The molecule has 1 atom stereocenters. The van der Waals surface area contributed by atoms with Crippen LogP contribution in [-0.2, 0) is 0 Å². The third-order valence-corrected chi connectivity index (χ3v) is 2.33. The molecule has 1 rings (SSSR count). The average molecular weight is 199 g/mol. The van der Waals surface area contributed by atoms with Crippen molar-refractivity contribution in [3.63, 3.8) is 0 Å². The molecule has 3 heteroatoms. The van der Waals surface area contributed by atoms with Crippen LogP contribution in [0.25, 0.3) is 0 Å². The Morgan fingerprint density at radius 1 is 1.31 bits per heavy atom. The highest BCUT2D eigenvalue weighted by Gasteiger charge is 2.10. The smallest absolute Gasteiger partial charge is 0.131 e. The first-order chi connectivity index (χ1) is 6.27. The summed E-state index contributed by atoms with van der Waals surface area (Å²) in [6.07, 6.45) is 6.75. The first kappa shape index (κ1) is 10.5. The van der Waals surface area contributed by atoms with Crippen LogP contribution in [0.1, 0.15) is 44.9 Å². The van der Waals surface area contributed by atoms with Crippen molar-refractivity contribution < 1.29 is 0 Å². The Kier molecular flexibility index (Phi) is 4.16. The highest BCUT2D eigenvalue weighted by atomic mass is 35.5. The van der Waals surface area contributed by atoms with Crippen LogP contribution in [-0.4, -0.2) is 9.97 Å². The molecule has 0 aromatic carbocycles. The summed E-state index contributed by atoms with van der Waals surface area (Å²) in [5, 5.41) is 0.607. The molecule has 13 heavy (non-hydrogen) atoms. The second-order valence-electron chi connectivity index (χ2n) is 3.15. The van der Waals surface area contributed by atoms with E-state index in [-0.39, 0.29) is 0 Å². The molecule has 0 aliphatic carbocycles. The quantitative estimate of drug-likeness (QED) is 0.741. The van der Waals surface area contributed by atoms with E-state index in [0.717, 1.165) is 18.7 Å². The van der Waals surface area contributed by atoms with Gasteiger partial charge in [-0.2, -0.15) is 0 Å². The Morgan fingerprint density at radius 2 is 1.92 bits per heavy atom. The SMILES string of the molecule is CCCC(CC)c1ncc(Cl)cn1. The van der Waals surface area contributed by atoms with Crippen molar-refractivity contribution in [2.45, 2.75) is 39.0 Å². The summed E-state index contributed by atoms with van der Waals surface area (Å²) in [6.45, 7) is 4.34. The monoisotopic (exact) mass is 198 g/mol. The van der Waals surface area contributed by atoms with Crippen molar-refractivity contribution in [3.8, 4) is 0 Å². The van der Waals surface area contributed by atoms with Gasteiger partial charge in [0.1, 0.15) is 5.82 Å². The fourth-order valence-electron chi connectivity index (χ4n) is 1.40. The number of hydrogen-bond donors (Lipinski definition) is 0. The fourth-order valence-corrected chi connectivity index (χ4v) is 1.49. The topological polar surface area (TPSA) is 25.8 Å². The second-order valence-corrected chi connectivity index (χ2v) is 3.59. The van der Waals surface area contributed by atoms with Crippen LogP contribution in [0, 0.1) is 0 Å². The molecular weight excluding hydrogens is 184 g/mol. The van der Waals surface area contributed by atoms with E-state index in [1.165, 1.54) is 6.42 Å². The minimum atomic E-state index is 0.488. The van der Waals surface area contributed by atoms with Gasteiger partial charge in [0.15, 0.2) is 0 Å². The molecule has 0 spiro atoms. The fraction of sp³-hybridized carbons (Fsp3) is 0.600. The van der Waals surface area contributed by atoms with Crippen LogP contribution in [0.3, 0.4) is 0 Å². The van der Waals surface area contributed by atoms with E-state index in [1.54, 1.807) is 12.4 Å². The van der Waals surface area contributed by atoms with Gasteiger partial charge in [-0.05, 0) is 12.8 Å². The highest BCUT2D eigenvalue weighted by Crippen LogP contribution is 2.21. The molecule has 0 saturated carbocycles. The molecule has 0 bridgehead atoms. The maximum Gasteiger partial charge on any atom is 0.131 e. The van der Waals surface area contributed by atoms with E-state index in [4.69, 9.17) is 11.6 Å². The van der Waals surface area contributed by atoms with Gasteiger partial charge in [0.25, 0.3) is 0 Å². The van der Waals surface area contributed by atoms with Crippen LogP contribution in [0.15, 0.2) is 12.4 Å². The summed E-state index contributed by atoms with van der Waals surface area (Å²) in [5.74, 6) is 1.41. The van der Waals surface area contributed by atoms with Crippen LogP contribution in [0.2, 0.25) is 5.02 Å². The lowest BCUT2D eigenvalue weighted by atomic mass is 10.00. The molecule has 0 N–H and O–H groups in total. The number of nitrogens with zero attached hydrogens (tertiary/aromatic N) is 2. The molecule has 72 valence electrons. The van der Waals surface area contributed by atoms with Gasteiger partial charge in [-0.25, -0.2) is 9.97 Å². The zero-order valence-corrected chi connectivity index (χ0v) is 8.88. The van der Waals surface area contributed by atoms with Crippen molar-refractivity contribution in [3.05, 3.63) is 23.2 Å². The summed E-state index contributed by atoms with van der Waals surface area (Å²) in [6, 6.07) is 0. The minimum Gasteiger partial charge on any atom is -0.240 e. The van der Waals surface area contributed by atoms with Gasteiger partial charge in [0.05, 0.1) is 5.02 Å². The Bertz CT molecular complexity index is 246. The standard InChI is InChI=1S/C10H15ClN2/c1-3-5-8(4-2)10-12-6-9(11)7-13-10/h6-8H,3-5H2,1-2H3. The third kappa shape index (κ3) is 2.96. The largest absolute Gasteiger partial charge is 0.240 e. The van der Waals surface area contributed by atoms with E-state index in [0.29, 0.717) is 10.9 Å². The molecule has 0 aliphatic rings. The lowest BCUT2D eigenvalue weighted by molar-refractivity contribution is 0.564. The molecule has 1 heterocycles. The van der Waals surface area contributed by atoms with Crippen molar-refractivity contribution in [2.24, 2.45) is 0 Å². The lowest BCUT2D eigenvalue weighted by Gasteiger charge is -2.11. The van der Waals surface area contributed by atoms with Crippen LogP contribution in [0.5, 0.6) is 0 Å².